The van der Waals surface area contributed by atoms with Gasteiger partial charge in [-0.3, -0.25) is 4.79 Å². The van der Waals surface area contributed by atoms with E-state index in [0.29, 0.717) is 19.6 Å². The molecule has 1 rings (SSSR count). The first kappa shape index (κ1) is 15.5. The molecule has 4 nitrogen and oxygen atoms in total. The summed E-state index contributed by atoms with van der Waals surface area (Å²) in [7, 11) is 0. The zero-order chi connectivity index (χ0) is 13.9. The number of hydrogen-bond acceptors (Lipinski definition) is 3. The smallest absolute Gasteiger partial charge is 0.220 e. The molecule has 1 aromatic carbocycles. The second-order valence-corrected chi connectivity index (χ2v) is 4.61. The molecular weight excluding hydrogens is 240 g/mol. The minimum atomic E-state index is 0.0878. The Balaban J connectivity index is 2.05. The van der Waals surface area contributed by atoms with Crippen LogP contribution in [-0.4, -0.2) is 25.6 Å². The van der Waals surface area contributed by atoms with Gasteiger partial charge in [0.15, 0.2) is 0 Å². The van der Waals surface area contributed by atoms with Crippen LogP contribution in [0.3, 0.4) is 0 Å². The second kappa shape index (κ2) is 9.39. The molecule has 0 saturated heterocycles. The lowest BCUT2D eigenvalue weighted by Gasteiger charge is -2.07. The van der Waals surface area contributed by atoms with Crippen LogP contribution in [0, 0.1) is 6.92 Å². The molecule has 106 valence electrons. The zero-order valence-electron chi connectivity index (χ0n) is 11.7. The van der Waals surface area contributed by atoms with Gasteiger partial charge in [-0.05, 0) is 50.4 Å². The van der Waals surface area contributed by atoms with Crippen LogP contribution in [0.4, 0.5) is 0 Å². The van der Waals surface area contributed by atoms with E-state index < -0.39 is 0 Å². The molecule has 0 heterocycles. The van der Waals surface area contributed by atoms with Crippen LogP contribution in [0.2, 0.25) is 0 Å². The molecule has 0 saturated carbocycles. The van der Waals surface area contributed by atoms with Crippen LogP contribution in [0.25, 0.3) is 0 Å². The summed E-state index contributed by atoms with van der Waals surface area (Å²) >= 11 is 0. The van der Waals surface area contributed by atoms with E-state index in [4.69, 9.17) is 10.5 Å². The molecular formula is C15H24N2O2. The first-order valence-electron chi connectivity index (χ1n) is 6.88. The average Bonchev–Trinajstić information content (AvgIpc) is 2.40. The summed E-state index contributed by atoms with van der Waals surface area (Å²) in [5.74, 6) is 0.952. The molecule has 0 spiro atoms. The molecule has 1 amide bonds. The number of unbranched alkanes of at least 4 members (excludes halogenated alkanes) is 1. The molecule has 1 aromatic rings. The number of nitrogens with two attached hydrogens (primary N) is 1. The van der Waals surface area contributed by atoms with Crippen molar-refractivity contribution in [2.75, 3.05) is 19.7 Å². The van der Waals surface area contributed by atoms with Gasteiger partial charge in [0.05, 0.1) is 6.61 Å². The molecule has 0 aliphatic rings. The Bertz CT molecular complexity index is 380. The van der Waals surface area contributed by atoms with Crippen molar-refractivity contribution in [3.05, 3.63) is 29.8 Å². The largest absolute Gasteiger partial charge is 0.494 e. The van der Waals surface area contributed by atoms with Crippen molar-refractivity contribution in [1.82, 2.24) is 5.32 Å². The van der Waals surface area contributed by atoms with Crippen LogP contribution in [0.1, 0.15) is 31.2 Å². The molecule has 3 N–H and O–H groups in total. The molecule has 0 aliphatic carbocycles. The number of nitrogens with one attached hydrogen (secondary N) is 1. The van der Waals surface area contributed by atoms with Gasteiger partial charge < -0.3 is 15.8 Å². The summed E-state index contributed by atoms with van der Waals surface area (Å²) < 4.78 is 5.58. The monoisotopic (exact) mass is 264 g/mol. The summed E-state index contributed by atoms with van der Waals surface area (Å²) in [6.45, 7) is 4.00. The maximum Gasteiger partial charge on any atom is 0.220 e. The first-order valence-corrected chi connectivity index (χ1v) is 6.88. The first-order chi connectivity index (χ1) is 9.22. The molecule has 4 heteroatoms. The Kier molecular flexibility index (Phi) is 7.66. The van der Waals surface area contributed by atoms with Crippen LogP contribution in [0.15, 0.2) is 24.3 Å². The molecule has 0 fully saturated rings. The quantitative estimate of drug-likeness (QED) is 0.671. The normalized spacial score (nSPS) is 10.2. The van der Waals surface area contributed by atoms with Crippen molar-refractivity contribution in [2.45, 2.75) is 32.6 Å². The van der Waals surface area contributed by atoms with Gasteiger partial charge in [-0.15, -0.1) is 0 Å². The number of rotatable bonds is 9. The Morgan fingerprint density at radius 2 is 2.16 bits per heavy atom. The molecule has 0 radical (unpaired) electrons. The molecule has 0 aliphatic heterocycles. The van der Waals surface area contributed by atoms with E-state index in [9.17, 15) is 4.79 Å². The Labute approximate surface area is 115 Å². The maximum absolute atomic E-state index is 11.5. The van der Waals surface area contributed by atoms with Gasteiger partial charge in [-0.1, -0.05) is 12.1 Å². The highest BCUT2D eigenvalue weighted by Crippen LogP contribution is 2.12. The van der Waals surface area contributed by atoms with Gasteiger partial charge in [0.1, 0.15) is 5.75 Å². The average molecular weight is 264 g/mol. The summed E-state index contributed by atoms with van der Waals surface area (Å²) in [6, 6.07) is 7.92. The fraction of sp³-hybridized carbons (Fsp3) is 0.533. The second-order valence-electron chi connectivity index (χ2n) is 4.61. The highest BCUT2D eigenvalue weighted by atomic mass is 16.5. The lowest BCUT2D eigenvalue weighted by molar-refractivity contribution is -0.121. The van der Waals surface area contributed by atoms with Gasteiger partial charge in [-0.25, -0.2) is 0 Å². The van der Waals surface area contributed by atoms with Gasteiger partial charge in [-0.2, -0.15) is 0 Å². The number of aryl methyl sites for hydroxylation is 1. The lowest BCUT2D eigenvalue weighted by atomic mass is 10.2. The third-order valence-electron chi connectivity index (χ3n) is 2.76. The van der Waals surface area contributed by atoms with Crippen LogP contribution < -0.4 is 15.8 Å². The lowest BCUT2D eigenvalue weighted by Crippen LogP contribution is -2.25. The predicted molar refractivity (Wildman–Crippen MR) is 77.2 cm³/mol. The maximum atomic E-state index is 11.5. The third-order valence-corrected chi connectivity index (χ3v) is 2.76. The molecule has 0 aromatic heterocycles. The number of amides is 1. The van der Waals surface area contributed by atoms with Gasteiger partial charge in [0, 0.05) is 13.0 Å². The topological polar surface area (TPSA) is 64.3 Å². The van der Waals surface area contributed by atoms with E-state index in [0.717, 1.165) is 31.6 Å². The SMILES string of the molecule is Cc1cccc(OCCCC(=O)NCCCCN)c1. The highest BCUT2D eigenvalue weighted by Gasteiger charge is 2.01. The van der Waals surface area contributed by atoms with Crippen molar-refractivity contribution in [1.29, 1.82) is 0 Å². The summed E-state index contributed by atoms with van der Waals surface area (Å²) in [6.07, 6.45) is 3.14. The van der Waals surface area contributed by atoms with Gasteiger partial charge in [0.2, 0.25) is 5.91 Å². The molecule has 0 unspecified atom stereocenters. The summed E-state index contributed by atoms with van der Waals surface area (Å²) in [5.41, 5.74) is 6.56. The van der Waals surface area contributed by atoms with Crippen LogP contribution in [0.5, 0.6) is 5.75 Å². The van der Waals surface area contributed by atoms with Crippen molar-refractivity contribution in [3.8, 4) is 5.75 Å². The van der Waals surface area contributed by atoms with Crippen LogP contribution >= 0.6 is 0 Å². The number of benzene rings is 1. The van der Waals surface area contributed by atoms with E-state index in [2.05, 4.69) is 5.32 Å². The molecule has 19 heavy (non-hydrogen) atoms. The van der Waals surface area contributed by atoms with E-state index in [-0.39, 0.29) is 5.91 Å². The van der Waals surface area contributed by atoms with E-state index in [1.54, 1.807) is 0 Å². The van der Waals surface area contributed by atoms with E-state index in [1.807, 2.05) is 31.2 Å². The minimum absolute atomic E-state index is 0.0878. The van der Waals surface area contributed by atoms with Gasteiger partial charge >= 0.3 is 0 Å². The van der Waals surface area contributed by atoms with Crippen molar-refractivity contribution < 1.29 is 9.53 Å². The fourth-order valence-corrected chi connectivity index (χ4v) is 1.71. The summed E-state index contributed by atoms with van der Waals surface area (Å²) in [4.78, 5) is 11.5. The van der Waals surface area contributed by atoms with Crippen LogP contribution in [-0.2, 0) is 4.79 Å². The Morgan fingerprint density at radius 3 is 2.89 bits per heavy atom. The van der Waals surface area contributed by atoms with Crippen molar-refractivity contribution >= 4 is 5.91 Å². The van der Waals surface area contributed by atoms with Crippen molar-refractivity contribution in [2.24, 2.45) is 5.73 Å². The number of carbonyl (C=O) groups excluding carboxylic acids is 1. The van der Waals surface area contributed by atoms with E-state index in [1.165, 1.54) is 5.56 Å². The van der Waals surface area contributed by atoms with E-state index >= 15 is 0 Å². The van der Waals surface area contributed by atoms with Gasteiger partial charge in [0.25, 0.3) is 0 Å². The number of carbonyl (C=O) groups is 1. The predicted octanol–water partition coefficient (Wildman–Crippen LogP) is 2.01. The number of hydrogen-bond donors (Lipinski definition) is 2. The zero-order valence-corrected chi connectivity index (χ0v) is 11.7. The molecule has 0 bridgehead atoms. The standard InChI is InChI=1S/C15H24N2O2/c1-13-6-4-7-14(12-13)19-11-5-8-15(18)17-10-3-2-9-16/h4,6-7,12H,2-3,5,8-11,16H2,1H3,(H,17,18). The number of ether oxygens (including phenoxy) is 1. The minimum Gasteiger partial charge on any atom is -0.494 e. The highest BCUT2D eigenvalue weighted by molar-refractivity contribution is 5.75. The Morgan fingerprint density at radius 1 is 1.32 bits per heavy atom. The molecule has 0 atom stereocenters. The summed E-state index contributed by atoms with van der Waals surface area (Å²) in [5, 5.41) is 2.88. The fourth-order valence-electron chi connectivity index (χ4n) is 1.71. The van der Waals surface area contributed by atoms with Crippen molar-refractivity contribution in [3.63, 3.8) is 0 Å². The Hall–Kier alpha value is -1.55. The third kappa shape index (κ3) is 7.47.